The lowest BCUT2D eigenvalue weighted by molar-refractivity contribution is 0.0605. The summed E-state index contributed by atoms with van der Waals surface area (Å²) in [6.45, 7) is 8.11. The molecule has 1 aliphatic heterocycles. The fourth-order valence-electron chi connectivity index (χ4n) is 5.12. The number of hydrogen-bond acceptors (Lipinski definition) is 6. The number of phenols is 3. The summed E-state index contributed by atoms with van der Waals surface area (Å²) in [6.07, 6.45) is 4.28. The number of hydrogen-bond donors (Lipinski definition) is 3. The van der Waals surface area contributed by atoms with Crippen molar-refractivity contribution >= 4 is 5.91 Å². The molecule has 7 heteroatoms. The van der Waals surface area contributed by atoms with E-state index in [4.69, 9.17) is 0 Å². The minimum absolute atomic E-state index is 0.156. The zero-order valence-electron chi connectivity index (χ0n) is 19.4. The van der Waals surface area contributed by atoms with Crippen LogP contribution in [0.5, 0.6) is 17.2 Å². The molecule has 0 saturated carbocycles. The molecule has 1 fully saturated rings. The maximum absolute atomic E-state index is 12.8. The Balaban J connectivity index is 1.29. The number of amides is 1. The summed E-state index contributed by atoms with van der Waals surface area (Å²) in [5.74, 6) is -0.487. The Labute approximate surface area is 195 Å². The SMILES string of the molecule is CCCN(CCN1CCN(C(=O)c2cccc(O)c2O)CC1)C1CCc2cc(O)ccc2C1. The number of para-hydroxylation sites is 1. The fraction of sp³-hybridized carbons (Fsp3) is 0.500. The van der Waals surface area contributed by atoms with Crippen molar-refractivity contribution in [2.75, 3.05) is 45.8 Å². The summed E-state index contributed by atoms with van der Waals surface area (Å²) in [6, 6.07) is 10.8. The van der Waals surface area contributed by atoms with Gasteiger partial charge in [-0.25, -0.2) is 0 Å². The van der Waals surface area contributed by atoms with Gasteiger partial charge in [0.05, 0.1) is 5.56 Å². The zero-order chi connectivity index (χ0) is 23.4. The topological polar surface area (TPSA) is 87.5 Å². The highest BCUT2D eigenvalue weighted by Gasteiger charge is 2.27. The molecule has 2 aliphatic rings. The van der Waals surface area contributed by atoms with Gasteiger partial charge in [0.15, 0.2) is 11.5 Å². The molecule has 1 amide bonds. The lowest BCUT2D eigenvalue weighted by Crippen LogP contribution is -2.51. The lowest BCUT2D eigenvalue weighted by Gasteiger charge is -2.39. The van der Waals surface area contributed by atoms with Crippen LogP contribution in [0.25, 0.3) is 0 Å². The Hall–Kier alpha value is -2.77. The number of piperazine rings is 1. The standard InChI is InChI=1S/C26H35N3O4/c1-2-10-28(21-8-6-20-18-22(30)9-7-19(20)17-21)14-11-27-12-15-29(16-13-27)26(33)23-4-3-5-24(31)25(23)32/h3-5,7,9,18,21,30-32H,2,6,8,10-17H2,1H3. The molecule has 2 aromatic carbocycles. The number of fused-ring (bicyclic) bond motifs is 1. The van der Waals surface area contributed by atoms with Crippen molar-refractivity contribution in [3.8, 4) is 17.2 Å². The van der Waals surface area contributed by atoms with E-state index in [0.29, 0.717) is 24.9 Å². The van der Waals surface area contributed by atoms with E-state index in [9.17, 15) is 20.1 Å². The van der Waals surface area contributed by atoms with Gasteiger partial charge < -0.3 is 20.2 Å². The van der Waals surface area contributed by atoms with Gasteiger partial charge in [-0.3, -0.25) is 14.6 Å². The molecule has 0 bridgehead atoms. The van der Waals surface area contributed by atoms with Crippen molar-refractivity contribution in [1.29, 1.82) is 0 Å². The van der Waals surface area contributed by atoms with Crippen LogP contribution >= 0.6 is 0 Å². The van der Waals surface area contributed by atoms with Gasteiger partial charge in [-0.15, -0.1) is 0 Å². The Morgan fingerprint density at radius 1 is 1.03 bits per heavy atom. The van der Waals surface area contributed by atoms with Gasteiger partial charge in [0.1, 0.15) is 5.75 Å². The number of aryl methyl sites for hydroxylation is 1. The molecule has 1 heterocycles. The first-order valence-electron chi connectivity index (χ1n) is 12.0. The quantitative estimate of drug-likeness (QED) is 0.559. The van der Waals surface area contributed by atoms with Crippen molar-refractivity contribution in [3.63, 3.8) is 0 Å². The molecule has 178 valence electrons. The molecular formula is C26H35N3O4. The third kappa shape index (κ3) is 5.42. The third-order valence-corrected chi connectivity index (χ3v) is 7.03. The smallest absolute Gasteiger partial charge is 0.257 e. The highest BCUT2D eigenvalue weighted by Crippen LogP contribution is 2.30. The van der Waals surface area contributed by atoms with Crippen LogP contribution in [0.3, 0.4) is 0 Å². The Kier molecular flexibility index (Phi) is 7.40. The number of aromatic hydroxyl groups is 3. The fourth-order valence-corrected chi connectivity index (χ4v) is 5.12. The molecule has 0 radical (unpaired) electrons. The second-order valence-electron chi connectivity index (χ2n) is 9.19. The normalized spacial score (nSPS) is 19.0. The number of nitrogens with zero attached hydrogens (tertiary/aromatic N) is 3. The average Bonchev–Trinajstić information content (AvgIpc) is 2.83. The summed E-state index contributed by atoms with van der Waals surface area (Å²) in [4.78, 5) is 19.5. The van der Waals surface area contributed by atoms with Crippen LogP contribution in [0, 0.1) is 0 Å². The first-order valence-corrected chi connectivity index (χ1v) is 12.0. The van der Waals surface area contributed by atoms with Gasteiger partial charge in [-0.2, -0.15) is 0 Å². The van der Waals surface area contributed by atoms with Gasteiger partial charge in [-0.1, -0.05) is 19.1 Å². The van der Waals surface area contributed by atoms with Gasteiger partial charge in [0.2, 0.25) is 0 Å². The van der Waals surface area contributed by atoms with Gasteiger partial charge in [0, 0.05) is 45.3 Å². The van der Waals surface area contributed by atoms with E-state index in [1.165, 1.54) is 17.2 Å². The molecule has 1 unspecified atom stereocenters. The van der Waals surface area contributed by atoms with E-state index in [1.54, 1.807) is 23.1 Å². The molecule has 4 rings (SSSR count). The summed E-state index contributed by atoms with van der Waals surface area (Å²) in [5, 5.41) is 29.5. The van der Waals surface area contributed by atoms with E-state index in [1.807, 2.05) is 6.07 Å². The van der Waals surface area contributed by atoms with E-state index in [-0.39, 0.29) is 23.0 Å². The second kappa shape index (κ2) is 10.4. The van der Waals surface area contributed by atoms with Crippen LogP contribution in [0.1, 0.15) is 41.3 Å². The van der Waals surface area contributed by atoms with E-state index in [2.05, 4.69) is 22.8 Å². The van der Waals surface area contributed by atoms with Crippen molar-refractivity contribution in [2.24, 2.45) is 0 Å². The highest BCUT2D eigenvalue weighted by molar-refractivity contribution is 5.97. The zero-order valence-corrected chi connectivity index (χ0v) is 19.4. The third-order valence-electron chi connectivity index (χ3n) is 7.03. The molecule has 2 aromatic rings. The van der Waals surface area contributed by atoms with Crippen LogP contribution in [-0.4, -0.2) is 87.8 Å². The number of benzene rings is 2. The lowest BCUT2D eigenvalue weighted by atomic mass is 9.87. The van der Waals surface area contributed by atoms with E-state index in [0.717, 1.165) is 58.4 Å². The molecule has 1 saturated heterocycles. The average molecular weight is 454 g/mol. The number of rotatable bonds is 7. The number of carbonyl (C=O) groups is 1. The van der Waals surface area contributed by atoms with Crippen molar-refractivity contribution in [2.45, 2.75) is 38.6 Å². The summed E-state index contributed by atoms with van der Waals surface area (Å²) >= 11 is 0. The monoisotopic (exact) mass is 453 g/mol. The molecular weight excluding hydrogens is 418 g/mol. The van der Waals surface area contributed by atoms with E-state index < -0.39 is 0 Å². The highest BCUT2D eigenvalue weighted by atomic mass is 16.3. The Bertz CT molecular complexity index is 972. The van der Waals surface area contributed by atoms with Crippen LogP contribution in [0.4, 0.5) is 0 Å². The predicted molar refractivity (Wildman–Crippen MR) is 128 cm³/mol. The van der Waals surface area contributed by atoms with E-state index >= 15 is 0 Å². The second-order valence-corrected chi connectivity index (χ2v) is 9.19. The maximum atomic E-state index is 12.8. The molecule has 0 aromatic heterocycles. The summed E-state index contributed by atoms with van der Waals surface area (Å²) in [7, 11) is 0. The van der Waals surface area contributed by atoms with Crippen molar-refractivity contribution in [3.05, 3.63) is 53.1 Å². The molecule has 33 heavy (non-hydrogen) atoms. The predicted octanol–water partition coefficient (Wildman–Crippen LogP) is 2.83. The van der Waals surface area contributed by atoms with Crippen LogP contribution in [0.2, 0.25) is 0 Å². The number of phenolic OH excluding ortho intramolecular Hbond substituents is 3. The molecule has 1 aliphatic carbocycles. The Morgan fingerprint density at radius 3 is 2.58 bits per heavy atom. The van der Waals surface area contributed by atoms with Gasteiger partial charge in [0.25, 0.3) is 5.91 Å². The Morgan fingerprint density at radius 2 is 1.82 bits per heavy atom. The molecule has 1 atom stereocenters. The van der Waals surface area contributed by atoms with Crippen LogP contribution < -0.4 is 0 Å². The molecule has 0 spiro atoms. The summed E-state index contributed by atoms with van der Waals surface area (Å²) in [5.41, 5.74) is 2.79. The molecule has 7 nitrogen and oxygen atoms in total. The van der Waals surface area contributed by atoms with Gasteiger partial charge >= 0.3 is 0 Å². The van der Waals surface area contributed by atoms with Crippen LogP contribution in [0.15, 0.2) is 36.4 Å². The first kappa shape index (κ1) is 23.4. The summed E-state index contributed by atoms with van der Waals surface area (Å²) < 4.78 is 0. The molecule has 3 N–H and O–H groups in total. The van der Waals surface area contributed by atoms with Crippen molar-refractivity contribution in [1.82, 2.24) is 14.7 Å². The first-order chi connectivity index (χ1) is 16.0. The number of carbonyl (C=O) groups excluding carboxylic acids is 1. The van der Waals surface area contributed by atoms with Crippen LogP contribution in [-0.2, 0) is 12.8 Å². The minimum Gasteiger partial charge on any atom is -0.508 e. The van der Waals surface area contributed by atoms with Gasteiger partial charge in [-0.05, 0) is 67.6 Å². The van der Waals surface area contributed by atoms with Crippen molar-refractivity contribution < 1.29 is 20.1 Å². The minimum atomic E-state index is -0.343. The maximum Gasteiger partial charge on any atom is 0.257 e. The largest absolute Gasteiger partial charge is 0.508 e.